The maximum atomic E-state index is 12.1. The fraction of sp³-hybridized carbons (Fsp3) is 0.391. The molecule has 1 atom stereocenters. The molecule has 0 aliphatic carbocycles. The van der Waals surface area contributed by atoms with Crippen LogP contribution in [0.25, 0.3) is 0 Å². The first-order chi connectivity index (χ1) is 13.7. The summed E-state index contributed by atoms with van der Waals surface area (Å²) in [5, 5.41) is 4.73. The number of fused-ring (bicyclic) bond motifs is 1. The maximum absolute atomic E-state index is 12.1. The predicted molar refractivity (Wildman–Crippen MR) is 119 cm³/mol. The summed E-state index contributed by atoms with van der Waals surface area (Å²) in [6.45, 7) is 6.72. The van der Waals surface area contributed by atoms with Crippen LogP contribution in [0.1, 0.15) is 49.8 Å². The largest absolute Gasteiger partial charge is 0.497 e. The van der Waals surface area contributed by atoms with Gasteiger partial charge in [0.25, 0.3) is 0 Å². The van der Waals surface area contributed by atoms with Crippen molar-refractivity contribution in [3.63, 3.8) is 0 Å². The van der Waals surface area contributed by atoms with Gasteiger partial charge in [-0.2, -0.15) is 5.10 Å². The van der Waals surface area contributed by atoms with Crippen molar-refractivity contribution in [2.75, 3.05) is 19.1 Å². The van der Waals surface area contributed by atoms with Crippen LogP contribution in [0.5, 0.6) is 5.75 Å². The second kappa shape index (κ2) is 8.46. The first-order valence-corrected chi connectivity index (χ1v) is 10.1. The van der Waals surface area contributed by atoms with Gasteiger partial charge in [-0.05, 0) is 61.6 Å². The van der Waals surface area contributed by atoms with Gasteiger partial charge < -0.3 is 9.64 Å². The Morgan fingerprint density at radius 3 is 2.69 bits per heavy atom. The second-order valence-electron chi connectivity index (χ2n) is 8.23. The fourth-order valence-electron chi connectivity index (χ4n) is 3.85. The zero-order chi connectivity index (χ0) is 21.2. The smallest absolute Gasteiger partial charge is 0.244 e. The molecule has 2 aromatic carbocycles. The highest BCUT2D eigenvalue weighted by Crippen LogP contribution is 2.44. The summed E-state index contributed by atoms with van der Waals surface area (Å²) >= 11 is 6.50. The van der Waals surface area contributed by atoms with Gasteiger partial charge in [-0.3, -0.25) is 4.79 Å². The van der Waals surface area contributed by atoms with Gasteiger partial charge in [-0.15, -0.1) is 0 Å². The van der Waals surface area contributed by atoms with Crippen molar-refractivity contribution in [3.8, 4) is 5.75 Å². The molecule has 6 heteroatoms. The number of halogens is 1. The molecule has 0 bridgehead atoms. The Hall–Kier alpha value is -2.53. The lowest BCUT2D eigenvalue weighted by molar-refractivity contribution is -0.120. The molecular formula is C23H28ClN3O2. The number of rotatable bonds is 5. The van der Waals surface area contributed by atoms with Crippen molar-refractivity contribution < 1.29 is 9.53 Å². The number of nitrogens with one attached hydrogen (secondary N) is 1. The third-order valence-corrected chi connectivity index (χ3v) is 6.00. The normalized spacial score (nSPS) is 17.9. The molecule has 1 aliphatic rings. The minimum absolute atomic E-state index is 0.0841. The number of carbonyl (C=O) groups excluding carboxylic acids is 1. The lowest BCUT2D eigenvalue weighted by atomic mass is 9.80. The first-order valence-electron chi connectivity index (χ1n) is 9.73. The second-order valence-corrected chi connectivity index (χ2v) is 8.63. The van der Waals surface area contributed by atoms with Crippen molar-refractivity contribution in [1.82, 2.24) is 5.43 Å². The molecule has 0 aromatic heterocycles. The number of amides is 1. The highest BCUT2D eigenvalue weighted by molar-refractivity contribution is 6.33. The van der Waals surface area contributed by atoms with Crippen molar-refractivity contribution in [3.05, 3.63) is 58.1 Å². The van der Waals surface area contributed by atoms with Crippen LogP contribution in [-0.2, 0) is 11.2 Å². The van der Waals surface area contributed by atoms with Crippen LogP contribution in [0.15, 0.2) is 41.5 Å². The molecule has 1 unspecified atom stereocenters. The molecule has 0 saturated carbocycles. The molecule has 29 heavy (non-hydrogen) atoms. The van der Waals surface area contributed by atoms with Gasteiger partial charge in [0, 0.05) is 23.8 Å². The summed E-state index contributed by atoms with van der Waals surface area (Å²) in [7, 11) is 3.72. The van der Waals surface area contributed by atoms with Crippen LogP contribution in [0.2, 0.25) is 5.02 Å². The van der Waals surface area contributed by atoms with E-state index in [1.165, 1.54) is 5.56 Å². The average molecular weight is 414 g/mol. The Labute approximate surface area is 177 Å². The zero-order valence-corrected chi connectivity index (χ0v) is 18.4. The molecule has 154 valence electrons. The van der Waals surface area contributed by atoms with E-state index in [0.29, 0.717) is 10.9 Å². The average Bonchev–Trinajstić information content (AvgIpc) is 2.67. The predicted octanol–water partition coefficient (Wildman–Crippen LogP) is 4.76. The van der Waals surface area contributed by atoms with Crippen LogP contribution in [0, 0.1) is 0 Å². The van der Waals surface area contributed by atoms with Gasteiger partial charge >= 0.3 is 0 Å². The van der Waals surface area contributed by atoms with E-state index in [4.69, 9.17) is 16.3 Å². The van der Waals surface area contributed by atoms with E-state index in [2.05, 4.69) is 49.3 Å². The lowest BCUT2D eigenvalue weighted by Gasteiger charge is -2.45. The van der Waals surface area contributed by atoms with E-state index in [-0.39, 0.29) is 17.9 Å². The Kier molecular flexibility index (Phi) is 6.18. The fourth-order valence-corrected chi connectivity index (χ4v) is 4.05. The van der Waals surface area contributed by atoms with Crippen LogP contribution in [-0.4, -0.2) is 31.8 Å². The quantitative estimate of drug-likeness (QED) is 0.567. The minimum atomic E-state index is -0.185. The van der Waals surface area contributed by atoms with Crippen molar-refractivity contribution in [2.24, 2.45) is 5.10 Å². The molecule has 0 fully saturated rings. The summed E-state index contributed by atoms with van der Waals surface area (Å²) in [4.78, 5) is 14.4. The summed E-state index contributed by atoms with van der Waals surface area (Å²) < 4.78 is 5.12. The van der Waals surface area contributed by atoms with Gasteiger partial charge in [-0.25, -0.2) is 5.43 Å². The Balaban J connectivity index is 1.69. The first kappa shape index (κ1) is 21.2. The Morgan fingerprint density at radius 2 is 2.03 bits per heavy atom. The maximum Gasteiger partial charge on any atom is 0.244 e. The molecule has 3 rings (SSSR count). The molecule has 1 heterocycles. The van der Waals surface area contributed by atoms with E-state index in [0.717, 1.165) is 29.0 Å². The number of benzene rings is 2. The monoisotopic (exact) mass is 413 g/mol. The van der Waals surface area contributed by atoms with Gasteiger partial charge in [0.05, 0.1) is 24.8 Å². The Morgan fingerprint density at radius 1 is 1.34 bits per heavy atom. The standard InChI is InChI=1S/C23H28ClN3O2/c1-15-13-23(2,3)27(4)21-12-20(24)17(11-19(15)21)14-25-26-22(28)10-16-6-8-18(29-5)9-7-16/h6-9,11-12,14-15H,10,13H2,1-5H3,(H,26,28)/b25-14+. The molecule has 1 aliphatic heterocycles. The molecule has 1 amide bonds. The highest BCUT2D eigenvalue weighted by atomic mass is 35.5. The van der Waals surface area contributed by atoms with Crippen LogP contribution in [0.3, 0.4) is 0 Å². The Bertz CT molecular complexity index is 922. The topological polar surface area (TPSA) is 53.9 Å². The number of methoxy groups -OCH3 is 1. The van der Waals surface area contributed by atoms with Crippen LogP contribution >= 0.6 is 11.6 Å². The van der Waals surface area contributed by atoms with E-state index in [1.807, 2.05) is 30.3 Å². The zero-order valence-electron chi connectivity index (χ0n) is 17.6. The van der Waals surface area contributed by atoms with Crippen molar-refractivity contribution in [1.29, 1.82) is 0 Å². The molecule has 1 N–H and O–H groups in total. The van der Waals surface area contributed by atoms with E-state index < -0.39 is 0 Å². The van der Waals surface area contributed by atoms with Crippen LogP contribution < -0.4 is 15.1 Å². The number of nitrogens with zero attached hydrogens (tertiary/aromatic N) is 2. The molecule has 0 saturated heterocycles. The summed E-state index contributed by atoms with van der Waals surface area (Å²) in [5.41, 5.74) is 6.76. The number of carbonyl (C=O) groups is 1. The summed E-state index contributed by atoms with van der Waals surface area (Å²) in [6, 6.07) is 11.5. The number of anilines is 1. The highest BCUT2D eigenvalue weighted by Gasteiger charge is 2.34. The van der Waals surface area contributed by atoms with Crippen LogP contribution in [0.4, 0.5) is 5.69 Å². The van der Waals surface area contributed by atoms with Crippen molar-refractivity contribution in [2.45, 2.75) is 45.1 Å². The molecule has 0 radical (unpaired) electrons. The number of hydrazone groups is 1. The molecule has 0 spiro atoms. The summed E-state index contributed by atoms with van der Waals surface area (Å²) in [6.07, 6.45) is 2.92. The number of ether oxygens (including phenoxy) is 1. The SMILES string of the molecule is COc1ccc(CC(=O)N/N=C/c2cc3c(cc2Cl)N(C)C(C)(C)CC3C)cc1. The van der Waals surface area contributed by atoms with Gasteiger partial charge in [0.1, 0.15) is 5.75 Å². The van der Waals surface area contributed by atoms with Gasteiger partial charge in [0.15, 0.2) is 0 Å². The van der Waals surface area contributed by atoms with E-state index in [1.54, 1.807) is 13.3 Å². The van der Waals surface area contributed by atoms with E-state index >= 15 is 0 Å². The lowest BCUT2D eigenvalue weighted by Crippen LogP contribution is -2.45. The third kappa shape index (κ3) is 4.73. The number of hydrogen-bond donors (Lipinski definition) is 1. The molecular weight excluding hydrogens is 386 g/mol. The molecule has 2 aromatic rings. The third-order valence-electron chi connectivity index (χ3n) is 5.67. The van der Waals surface area contributed by atoms with Gasteiger partial charge in [-0.1, -0.05) is 30.7 Å². The molecule has 5 nitrogen and oxygen atoms in total. The minimum Gasteiger partial charge on any atom is -0.497 e. The summed E-state index contributed by atoms with van der Waals surface area (Å²) in [5.74, 6) is 0.998. The van der Waals surface area contributed by atoms with Crippen molar-refractivity contribution >= 4 is 29.4 Å². The number of hydrogen-bond acceptors (Lipinski definition) is 4. The van der Waals surface area contributed by atoms with Gasteiger partial charge in [0.2, 0.25) is 5.91 Å². The van der Waals surface area contributed by atoms with E-state index in [9.17, 15) is 4.79 Å².